The molecular formula is C17H25NO2. The molecule has 1 aromatic carbocycles. The van der Waals surface area contributed by atoms with Gasteiger partial charge in [-0.15, -0.1) is 0 Å². The van der Waals surface area contributed by atoms with E-state index in [2.05, 4.69) is 6.92 Å². The van der Waals surface area contributed by atoms with Gasteiger partial charge in [0.15, 0.2) is 0 Å². The molecule has 3 heteroatoms. The monoisotopic (exact) mass is 275 g/mol. The zero-order chi connectivity index (χ0) is 14.2. The van der Waals surface area contributed by atoms with Gasteiger partial charge in [-0.05, 0) is 37.7 Å². The Balaban J connectivity index is 1.90. The number of ether oxygens (including phenoxy) is 2. The molecule has 0 radical (unpaired) electrons. The maximum Gasteiger partial charge on any atom is 0.128 e. The van der Waals surface area contributed by atoms with Crippen LogP contribution in [0.5, 0.6) is 11.5 Å². The van der Waals surface area contributed by atoms with Crippen molar-refractivity contribution in [1.82, 2.24) is 0 Å². The second-order valence-corrected chi connectivity index (χ2v) is 6.54. The Kier molecular flexibility index (Phi) is 3.63. The molecule has 1 aliphatic carbocycles. The first kappa shape index (κ1) is 13.7. The average molecular weight is 275 g/mol. The summed E-state index contributed by atoms with van der Waals surface area (Å²) < 4.78 is 11.8. The lowest BCUT2D eigenvalue weighted by atomic mass is 9.82. The summed E-state index contributed by atoms with van der Waals surface area (Å²) in [6, 6.07) is 6.09. The fourth-order valence-corrected chi connectivity index (χ4v) is 3.68. The van der Waals surface area contributed by atoms with E-state index in [9.17, 15) is 0 Å². The van der Waals surface area contributed by atoms with E-state index in [0.717, 1.165) is 42.2 Å². The Morgan fingerprint density at radius 1 is 1.30 bits per heavy atom. The van der Waals surface area contributed by atoms with E-state index in [1.165, 1.54) is 19.3 Å². The first-order chi connectivity index (χ1) is 9.62. The summed E-state index contributed by atoms with van der Waals surface area (Å²) in [4.78, 5) is 0. The molecule has 1 aliphatic heterocycles. The number of fused-ring (bicyclic) bond motifs is 1. The van der Waals surface area contributed by atoms with Crippen LogP contribution in [-0.2, 0) is 0 Å². The SMILES string of the molecule is COc1ccc2c(c1)OC1(CCCC(C)CC1)CC2N. The number of methoxy groups -OCH3 is 1. The van der Waals surface area contributed by atoms with Gasteiger partial charge in [0.05, 0.1) is 7.11 Å². The minimum Gasteiger partial charge on any atom is -0.497 e. The molecular weight excluding hydrogens is 250 g/mol. The third-order valence-electron chi connectivity index (χ3n) is 4.96. The topological polar surface area (TPSA) is 44.5 Å². The predicted octanol–water partition coefficient (Wildman–Crippen LogP) is 3.82. The van der Waals surface area contributed by atoms with Crippen molar-refractivity contribution < 1.29 is 9.47 Å². The standard InChI is InChI=1S/C17H25NO2/c1-12-4-3-8-17(9-7-12)11-15(18)14-6-5-13(19-2)10-16(14)20-17/h5-6,10,12,15H,3-4,7-9,11,18H2,1-2H3. The molecule has 1 spiro atoms. The third kappa shape index (κ3) is 2.51. The van der Waals surface area contributed by atoms with E-state index in [4.69, 9.17) is 15.2 Å². The molecule has 0 saturated heterocycles. The second kappa shape index (κ2) is 5.28. The Hall–Kier alpha value is -1.22. The summed E-state index contributed by atoms with van der Waals surface area (Å²) in [5.74, 6) is 2.58. The Morgan fingerprint density at radius 2 is 2.15 bits per heavy atom. The van der Waals surface area contributed by atoms with Gasteiger partial charge in [0.1, 0.15) is 17.1 Å². The van der Waals surface area contributed by atoms with Gasteiger partial charge in [-0.1, -0.05) is 19.4 Å². The highest BCUT2D eigenvalue weighted by atomic mass is 16.5. The van der Waals surface area contributed by atoms with Crippen molar-refractivity contribution in [2.75, 3.05) is 7.11 Å². The largest absolute Gasteiger partial charge is 0.497 e. The zero-order valence-corrected chi connectivity index (χ0v) is 12.5. The van der Waals surface area contributed by atoms with Crippen LogP contribution in [0.4, 0.5) is 0 Å². The molecule has 0 aromatic heterocycles. The van der Waals surface area contributed by atoms with Crippen molar-refractivity contribution in [3.63, 3.8) is 0 Å². The number of hydrogen-bond acceptors (Lipinski definition) is 3. The summed E-state index contributed by atoms with van der Waals surface area (Å²) in [5, 5.41) is 0. The maximum atomic E-state index is 6.44. The molecule has 1 fully saturated rings. The van der Waals surface area contributed by atoms with Crippen molar-refractivity contribution in [2.24, 2.45) is 11.7 Å². The number of benzene rings is 1. The van der Waals surface area contributed by atoms with Gasteiger partial charge >= 0.3 is 0 Å². The van der Waals surface area contributed by atoms with Crippen LogP contribution in [0.25, 0.3) is 0 Å². The normalized spacial score (nSPS) is 33.1. The van der Waals surface area contributed by atoms with Crippen LogP contribution < -0.4 is 15.2 Å². The van der Waals surface area contributed by atoms with E-state index in [0.29, 0.717) is 0 Å². The summed E-state index contributed by atoms with van der Waals surface area (Å²) >= 11 is 0. The van der Waals surface area contributed by atoms with E-state index >= 15 is 0 Å². The van der Waals surface area contributed by atoms with Crippen LogP contribution in [0.2, 0.25) is 0 Å². The molecule has 1 aromatic rings. The summed E-state index contributed by atoms with van der Waals surface area (Å²) in [5.41, 5.74) is 7.48. The minimum absolute atomic E-state index is 0.0520. The fraction of sp³-hybridized carbons (Fsp3) is 0.647. The van der Waals surface area contributed by atoms with Gasteiger partial charge in [-0.2, -0.15) is 0 Å². The molecule has 3 atom stereocenters. The van der Waals surface area contributed by atoms with Crippen molar-refractivity contribution >= 4 is 0 Å². The molecule has 2 N–H and O–H groups in total. The maximum absolute atomic E-state index is 6.44. The van der Waals surface area contributed by atoms with Crippen LogP contribution in [-0.4, -0.2) is 12.7 Å². The molecule has 0 amide bonds. The lowest BCUT2D eigenvalue weighted by molar-refractivity contribution is 0.0203. The highest BCUT2D eigenvalue weighted by molar-refractivity contribution is 5.44. The van der Waals surface area contributed by atoms with Gasteiger partial charge in [-0.3, -0.25) is 0 Å². The van der Waals surface area contributed by atoms with Gasteiger partial charge < -0.3 is 15.2 Å². The lowest BCUT2D eigenvalue weighted by Crippen LogP contribution is -2.42. The van der Waals surface area contributed by atoms with E-state index < -0.39 is 0 Å². The van der Waals surface area contributed by atoms with Crippen molar-refractivity contribution in [2.45, 2.75) is 57.1 Å². The summed E-state index contributed by atoms with van der Waals surface area (Å²) in [6.07, 6.45) is 6.99. The van der Waals surface area contributed by atoms with Crippen LogP contribution >= 0.6 is 0 Å². The zero-order valence-electron chi connectivity index (χ0n) is 12.5. The Morgan fingerprint density at radius 3 is 2.95 bits per heavy atom. The van der Waals surface area contributed by atoms with Crippen LogP contribution in [0.15, 0.2) is 18.2 Å². The van der Waals surface area contributed by atoms with Gasteiger partial charge in [0, 0.05) is 24.1 Å². The molecule has 20 heavy (non-hydrogen) atoms. The Bertz CT molecular complexity index is 488. The highest BCUT2D eigenvalue weighted by Crippen LogP contribution is 2.46. The van der Waals surface area contributed by atoms with Crippen molar-refractivity contribution in [3.05, 3.63) is 23.8 Å². The first-order valence-corrected chi connectivity index (χ1v) is 7.74. The van der Waals surface area contributed by atoms with Crippen LogP contribution in [0.3, 0.4) is 0 Å². The van der Waals surface area contributed by atoms with Crippen LogP contribution in [0.1, 0.15) is 57.1 Å². The minimum atomic E-state index is -0.0520. The number of hydrogen-bond donors (Lipinski definition) is 1. The number of nitrogens with two attached hydrogens (primary N) is 1. The smallest absolute Gasteiger partial charge is 0.128 e. The predicted molar refractivity (Wildman–Crippen MR) is 80.1 cm³/mol. The van der Waals surface area contributed by atoms with E-state index in [1.54, 1.807) is 7.11 Å². The Labute approximate surface area is 121 Å². The van der Waals surface area contributed by atoms with Crippen molar-refractivity contribution in [3.8, 4) is 11.5 Å². The van der Waals surface area contributed by atoms with Gasteiger partial charge in [0.2, 0.25) is 0 Å². The third-order valence-corrected chi connectivity index (χ3v) is 4.96. The van der Waals surface area contributed by atoms with E-state index in [-0.39, 0.29) is 11.6 Å². The van der Waals surface area contributed by atoms with E-state index in [1.807, 2.05) is 18.2 Å². The number of rotatable bonds is 1. The van der Waals surface area contributed by atoms with Gasteiger partial charge in [-0.25, -0.2) is 0 Å². The molecule has 1 saturated carbocycles. The molecule has 3 rings (SSSR count). The molecule has 3 nitrogen and oxygen atoms in total. The molecule has 110 valence electrons. The van der Waals surface area contributed by atoms with Crippen LogP contribution in [0, 0.1) is 5.92 Å². The molecule has 2 aliphatic rings. The summed E-state index contributed by atoms with van der Waals surface area (Å²) in [6.45, 7) is 2.35. The molecule has 1 heterocycles. The highest BCUT2D eigenvalue weighted by Gasteiger charge is 2.40. The second-order valence-electron chi connectivity index (χ2n) is 6.54. The molecule has 0 bridgehead atoms. The summed E-state index contributed by atoms with van der Waals surface area (Å²) in [7, 11) is 1.69. The quantitative estimate of drug-likeness (QED) is 0.847. The van der Waals surface area contributed by atoms with Gasteiger partial charge in [0.25, 0.3) is 0 Å². The average Bonchev–Trinajstić information content (AvgIpc) is 2.61. The molecule has 3 unspecified atom stereocenters. The first-order valence-electron chi connectivity index (χ1n) is 7.74. The fourth-order valence-electron chi connectivity index (χ4n) is 3.68. The lowest BCUT2D eigenvalue weighted by Gasteiger charge is -2.41. The van der Waals surface area contributed by atoms with Crippen molar-refractivity contribution in [1.29, 1.82) is 0 Å².